The summed E-state index contributed by atoms with van der Waals surface area (Å²) in [4.78, 5) is 11.8. The molecule has 0 atom stereocenters. The summed E-state index contributed by atoms with van der Waals surface area (Å²) in [6.07, 6.45) is 3.08. The molecule has 158 valence electrons. The third-order valence-electron chi connectivity index (χ3n) is 4.72. The SMILES string of the molecule is Cc1cc(/C=C/C#N)cc(C)c1Oc1cc(Nc2ccc(C#N)cc2)c(N)cc1C(=O)O. The molecule has 0 aliphatic carbocycles. The molecule has 3 rings (SSSR count). The number of carbonyl (C=O) groups is 1. The van der Waals surface area contributed by atoms with E-state index in [-0.39, 0.29) is 17.0 Å². The topological polar surface area (TPSA) is 132 Å². The number of nitriles is 2. The van der Waals surface area contributed by atoms with Crippen LogP contribution in [0.4, 0.5) is 17.1 Å². The third kappa shape index (κ3) is 4.86. The van der Waals surface area contributed by atoms with Crippen LogP contribution in [0.5, 0.6) is 11.5 Å². The fourth-order valence-electron chi connectivity index (χ4n) is 3.22. The number of carboxylic acid groups (broad SMARTS) is 1. The molecule has 0 heterocycles. The van der Waals surface area contributed by atoms with Gasteiger partial charge in [0.2, 0.25) is 0 Å². The van der Waals surface area contributed by atoms with Crippen LogP contribution in [0.1, 0.15) is 32.6 Å². The lowest BCUT2D eigenvalue weighted by Crippen LogP contribution is -2.05. The number of hydrogen-bond acceptors (Lipinski definition) is 6. The van der Waals surface area contributed by atoms with Crippen molar-refractivity contribution in [2.24, 2.45) is 0 Å². The normalized spacial score (nSPS) is 10.4. The highest BCUT2D eigenvalue weighted by atomic mass is 16.5. The lowest BCUT2D eigenvalue weighted by Gasteiger charge is -2.17. The molecule has 32 heavy (non-hydrogen) atoms. The number of nitrogen functional groups attached to an aromatic ring is 1. The average Bonchev–Trinajstić information content (AvgIpc) is 2.77. The molecule has 0 spiro atoms. The van der Waals surface area contributed by atoms with Gasteiger partial charge in [0, 0.05) is 17.8 Å². The summed E-state index contributed by atoms with van der Waals surface area (Å²) < 4.78 is 6.05. The first-order chi connectivity index (χ1) is 15.3. The molecule has 4 N–H and O–H groups in total. The van der Waals surface area contributed by atoms with Crippen LogP contribution in [0.25, 0.3) is 6.08 Å². The van der Waals surface area contributed by atoms with Gasteiger partial charge in [0.05, 0.1) is 29.1 Å². The van der Waals surface area contributed by atoms with Crippen molar-refractivity contribution in [2.75, 3.05) is 11.1 Å². The molecular formula is C25H20N4O3. The number of ether oxygens (including phenoxy) is 1. The zero-order valence-electron chi connectivity index (χ0n) is 17.5. The van der Waals surface area contributed by atoms with E-state index in [0.29, 0.717) is 22.7 Å². The van der Waals surface area contributed by atoms with Gasteiger partial charge < -0.3 is 20.9 Å². The molecule has 0 radical (unpaired) electrons. The van der Waals surface area contributed by atoms with E-state index in [4.69, 9.17) is 21.0 Å². The van der Waals surface area contributed by atoms with Crippen molar-refractivity contribution in [3.63, 3.8) is 0 Å². The molecule has 0 aliphatic rings. The first-order valence-electron chi connectivity index (χ1n) is 9.61. The second kappa shape index (κ2) is 9.38. The van der Waals surface area contributed by atoms with Gasteiger partial charge in [-0.05, 0) is 79.1 Å². The number of anilines is 3. The Morgan fingerprint density at radius 1 is 1.09 bits per heavy atom. The van der Waals surface area contributed by atoms with E-state index in [9.17, 15) is 9.90 Å². The molecule has 0 saturated heterocycles. The Bertz CT molecular complexity index is 1270. The number of nitrogens with zero attached hydrogens (tertiary/aromatic N) is 2. The lowest BCUT2D eigenvalue weighted by molar-refractivity contribution is 0.0694. The summed E-state index contributed by atoms with van der Waals surface area (Å²) in [5, 5.41) is 30.5. The van der Waals surface area contributed by atoms with Gasteiger partial charge in [-0.2, -0.15) is 10.5 Å². The second-order valence-electron chi connectivity index (χ2n) is 7.10. The summed E-state index contributed by atoms with van der Waals surface area (Å²) in [6, 6.07) is 17.4. The Hall–Kier alpha value is -4.75. The van der Waals surface area contributed by atoms with E-state index < -0.39 is 5.97 Å². The van der Waals surface area contributed by atoms with Gasteiger partial charge in [0.1, 0.15) is 17.1 Å². The van der Waals surface area contributed by atoms with E-state index >= 15 is 0 Å². The van der Waals surface area contributed by atoms with E-state index in [2.05, 4.69) is 11.4 Å². The number of nitrogens with two attached hydrogens (primary N) is 1. The molecule has 7 nitrogen and oxygen atoms in total. The number of allylic oxidation sites excluding steroid dienone is 1. The molecule has 3 aromatic rings. The van der Waals surface area contributed by atoms with Gasteiger partial charge in [-0.1, -0.05) is 0 Å². The van der Waals surface area contributed by atoms with Crippen molar-refractivity contribution < 1.29 is 14.6 Å². The molecule has 0 aromatic heterocycles. The van der Waals surface area contributed by atoms with Crippen LogP contribution in [0, 0.1) is 36.5 Å². The van der Waals surface area contributed by atoms with Gasteiger partial charge in [0.15, 0.2) is 0 Å². The maximum Gasteiger partial charge on any atom is 0.339 e. The Morgan fingerprint density at radius 2 is 1.75 bits per heavy atom. The lowest BCUT2D eigenvalue weighted by atomic mass is 10.0. The number of carboxylic acids is 1. The average molecular weight is 424 g/mol. The maximum absolute atomic E-state index is 11.8. The van der Waals surface area contributed by atoms with Crippen molar-refractivity contribution in [2.45, 2.75) is 13.8 Å². The maximum atomic E-state index is 11.8. The second-order valence-corrected chi connectivity index (χ2v) is 7.10. The van der Waals surface area contributed by atoms with Crippen molar-refractivity contribution in [3.05, 3.63) is 82.4 Å². The van der Waals surface area contributed by atoms with E-state index in [1.54, 1.807) is 36.4 Å². The first kappa shape index (κ1) is 21.9. The van der Waals surface area contributed by atoms with Crippen LogP contribution in [-0.4, -0.2) is 11.1 Å². The molecule has 0 saturated carbocycles. The minimum Gasteiger partial charge on any atom is -0.478 e. The fraction of sp³-hybridized carbons (Fsp3) is 0.0800. The number of hydrogen-bond donors (Lipinski definition) is 3. The minimum absolute atomic E-state index is 0.0693. The molecule has 7 heteroatoms. The Kier molecular flexibility index (Phi) is 6.43. The van der Waals surface area contributed by atoms with Gasteiger partial charge in [-0.15, -0.1) is 0 Å². The van der Waals surface area contributed by atoms with Crippen LogP contribution in [0.3, 0.4) is 0 Å². The highest BCUT2D eigenvalue weighted by molar-refractivity contribution is 5.94. The molecule has 0 fully saturated rings. The summed E-state index contributed by atoms with van der Waals surface area (Å²) in [6.45, 7) is 3.69. The summed E-state index contributed by atoms with van der Waals surface area (Å²) in [5.41, 5.74) is 10.4. The minimum atomic E-state index is -1.17. The number of rotatable bonds is 6. The van der Waals surface area contributed by atoms with Crippen molar-refractivity contribution in [3.8, 4) is 23.6 Å². The van der Waals surface area contributed by atoms with Crippen LogP contribution in [0.15, 0.2) is 54.6 Å². The van der Waals surface area contributed by atoms with E-state index in [0.717, 1.165) is 16.7 Å². The fourth-order valence-corrected chi connectivity index (χ4v) is 3.22. The van der Waals surface area contributed by atoms with Gasteiger partial charge >= 0.3 is 5.97 Å². The predicted molar refractivity (Wildman–Crippen MR) is 123 cm³/mol. The van der Waals surface area contributed by atoms with Crippen LogP contribution in [0.2, 0.25) is 0 Å². The standard InChI is InChI=1S/C25H20N4O3/c1-15-10-18(4-3-9-26)11-16(2)24(15)32-23-13-22(21(28)12-20(23)25(30)31)29-19-7-5-17(14-27)6-8-19/h3-8,10-13,29H,28H2,1-2H3,(H,30,31)/b4-3+. The summed E-state index contributed by atoms with van der Waals surface area (Å²) >= 11 is 0. The van der Waals surface area contributed by atoms with E-state index in [1.165, 1.54) is 12.1 Å². The first-order valence-corrected chi connectivity index (χ1v) is 9.61. The molecule has 0 aliphatic heterocycles. The molecular weight excluding hydrogens is 404 g/mol. The largest absolute Gasteiger partial charge is 0.478 e. The number of nitrogens with one attached hydrogen (secondary N) is 1. The van der Waals surface area contributed by atoms with Gasteiger partial charge in [0.25, 0.3) is 0 Å². The van der Waals surface area contributed by atoms with Crippen molar-refractivity contribution in [1.29, 1.82) is 10.5 Å². The van der Waals surface area contributed by atoms with Crippen LogP contribution >= 0.6 is 0 Å². The zero-order chi connectivity index (χ0) is 23.3. The quantitative estimate of drug-likeness (QED) is 0.350. The monoisotopic (exact) mass is 424 g/mol. The van der Waals surface area contributed by atoms with Crippen LogP contribution < -0.4 is 15.8 Å². The third-order valence-corrected chi connectivity index (χ3v) is 4.72. The number of aromatic carboxylic acids is 1. The highest BCUT2D eigenvalue weighted by Gasteiger charge is 2.18. The number of benzene rings is 3. The number of aryl methyl sites for hydroxylation is 2. The van der Waals surface area contributed by atoms with Gasteiger partial charge in [-0.3, -0.25) is 0 Å². The van der Waals surface area contributed by atoms with E-state index in [1.807, 2.05) is 32.0 Å². The molecule has 0 amide bonds. The highest BCUT2D eigenvalue weighted by Crippen LogP contribution is 2.37. The summed E-state index contributed by atoms with van der Waals surface area (Å²) in [7, 11) is 0. The Morgan fingerprint density at radius 3 is 2.31 bits per heavy atom. The molecule has 0 unspecified atom stereocenters. The zero-order valence-corrected chi connectivity index (χ0v) is 17.5. The molecule has 0 bridgehead atoms. The predicted octanol–water partition coefficient (Wildman–Crippen LogP) is 5.53. The smallest absolute Gasteiger partial charge is 0.339 e. The summed E-state index contributed by atoms with van der Waals surface area (Å²) in [5.74, 6) is -0.509. The molecule has 3 aromatic carbocycles. The van der Waals surface area contributed by atoms with Crippen LogP contribution in [-0.2, 0) is 0 Å². The van der Waals surface area contributed by atoms with Crippen molar-refractivity contribution in [1.82, 2.24) is 0 Å². The van der Waals surface area contributed by atoms with Crippen molar-refractivity contribution >= 4 is 29.1 Å². The Balaban J connectivity index is 2.01. The van der Waals surface area contributed by atoms with Gasteiger partial charge in [-0.25, -0.2) is 4.79 Å². The Labute approximate surface area is 185 Å².